The lowest BCUT2D eigenvalue weighted by molar-refractivity contribution is 0.221. The molecule has 2 aromatic rings. The molecular formula is C12H11BrN2O. The molecule has 3 nitrogen and oxygen atoms in total. The molecule has 0 spiro atoms. The lowest BCUT2D eigenvalue weighted by atomic mass is 10.2. The van der Waals surface area contributed by atoms with Gasteiger partial charge in [0.25, 0.3) is 0 Å². The predicted molar refractivity (Wildman–Crippen MR) is 65.2 cm³/mol. The van der Waals surface area contributed by atoms with Gasteiger partial charge < -0.3 is 4.74 Å². The second kappa shape index (κ2) is 5.07. The van der Waals surface area contributed by atoms with Gasteiger partial charge in [0, 0.05) is 16.9 Å². The van der Waals surface area contributed by atoms with Gasteiger partial charge >= 0.3 is 0 Å². The Bertz CT molecular complexity index is 462. The van der Waals surface area contributed by atoms with E-state index < -0.39 is 0 Å². The minimum atomic E-state index is -0.0858. The van der Waals surface area contributed by atoms with Gasteiger partial charge in [0.05, 0.1) is 11.9 Å². The van der Waals surface area contributed by atoms with E-state index in [1.807, 2.05) is 31.2 Å². The molecule has 0 fully saturated rings. The van der Waals surface area contributed by atoms with Gasteiger partial charge in [-0.1, -0.05) is 6.07 Å². The Morgan fingerprint density at radius 1 is 1.31 bits per heavy atom. The highest BCUT2D eigenvalue weighted by molar-refractivity contribution is 9.10. The lowest BCUT2D eigenvalue weighted by Crippen LogP contribution is -2.04. The fraction of sp³-hybridized carbons (Fsp3) is 0.167. The number of hydrogen-bond donors (Lipinski definition) is 0. The van der Waals surface area contributed by atoms with E-state index in [1.54, 1.807) is 18.6 Å². The summed E-state index contributed by atoms with van der Waals surface area (Å²) < 4.78 is 6.63. The third kappa shape index (κ3) is 2.79. The van der Waals surface area contributed by atoms with Crippen molar-refractivity contribution >= 4 is 15.9 Å². The van der Waals surface area contributed by atoms with Gasteiger partial charge in [-0.15, -0.1) is 0 Å². The molecule has 0 aromatic carbocycles. The number of pyridine rings is 2. The van der Waals surface area contributed by atoms with E-state index in [1.165, 1.54) is 0 Å². The summed E-state index contributed by atoms with van der Waals surface area (Å²) in [4.78, 5) is 8.28. The molecule has 1 unspecified atom stereocenters. The van der Waals surface area contributed by atoms with Crippen LogP contribution in [0.5, 0.6) is 5.75 Å². The third-order valence-electron chi connectivity index (χ3n) is 2.10. The maximum absolute atomic E-state index is 5.73. The van der Waals surface area contributed by atoms with Crippen LogP contribution in [0.2, 0.25) is 0 Å². The Morgan fingerprint density at radius 2 is 2.19 bits per heavy atom. The molecule has 1 atom stereocenters. The Hall–Kier alpha value is -1.42. The molecule has 0 radical (unpaired) electrons. The molecule has 0 saturated carbocycles. The Balaban J connectivity index is 2.11. The third-order valence-corrected chi connectivity index (χ3v) is 2.53. The Morgan fingerprint density at radius 3 is 2.88 bits per heavy atom. The SMILES string of the molecule is CC(Oc1cncc(Br)c1)c1ccccn1. The van der Waals surface area contributed by atoms with Crippen LogP contribution in [0.3, 0.4) is 0 Å². The van der Waals surface area contributed by atoms with Crippen molar-refractivity contribution in [3.8, 4) is 5.75 Å². The molecule has 16 heavy (non-hydrogen) atoms. The first kappa shape index (κ1) is 11.1. The maximum atomic E-state index is 5.73. The summed E-state index contributed by atoms with van der Waals surface area (Å²) in [7, 11) is 0. The molecule has 2 rings (SSSR count). The molecule has 0 saturated heterocycles. The average Bonchev–Trinajstić information content (AvgIpc) is 2.30. The van der Waals surface area contributed by atoms with E-state index in [0.29, 0.717) is 0 Å². The fourth-order valence-electron chi connectivity index (χ4n) is 1.34. The number of ether oxygens (including phenoxy) is 1. The number of nitrogens with zero attached hydrogens (tertiary/aromatic N) is 2. The van der Waals surface area contributed by atoms with Gasteiger partial charge in [-0.05, 0) is 41.1 Å². The first-order valence-corrected chi connectivity index (χ1v) is 5.73. The highest BCUT2D eigenvalue weighted by Gasteiger charge is 2.08. The van der Waals surface area contributed by atoms with Crippen molar-refractivity contribution in [2.24, 2.45) is 0 Å². The van der Waals surface area contributed by atoms with Crippen molar-refractivity contribution in [3.63, 3.8) is 0 Å². The maximum Gasteiger partial charge on any atom is 0.139 e. The number of rotatable bonds is 3. The first-order chi connectivity index (χ1) is 7.75. The minimum Gasteiger partial charge on any atom is -0.483 e. The number of halogens is 1. The normalized spacial score (nSPS) is 12.1. The monoisotopic (exact) mass is 278 g/mol. The van der Waals surface area contributed by atoms with Crippen molar-refractivity contribution in [1.82, 2.24) is 9.97 Å². The van der Waals surface area contributed by atoms with Crippen LogP contribution in [0.15, 0.2) is 47.3 Å². The van der Waals surface area contributed by atoms with Gasteiger partial charge in [0.2, 0.25) is 0 Å². The van der Waals surface area contributed by atoms with Gasteiger partial charge in [0.1, 0.15) is 11.9 Å². The number of hydrogen-bond acceptors (Lipinski definition) is 3. The zero-order chi connectivity index (χ0) is 11.4. The van der Waals surface area contributed by atoms with Crippen LogP contribution in [0.4, 0.5) is 0 Å². The van der Waals surface area contributed by atoms with Crippen LogP contribution < -0.4 is 4.74 Å². The second-order valence-electron chi connectivity index (χ2n) is 3.35. The van der Waals surface area contributed by atoms with Crippen molar-refractivity contribution < 1.29 is 4.74 Å². The summed E-state index contributed by atoms with van der Waals surface area (Å²) in [6.07, 6.45) is 5.08. The summed E-state index contributed by atoms with van der Waals surface area (Å²) in [5.41, 5.74) is 0.905. The van der Waals surface area contributed by atoms with E-state index in [9.17, 15) is 0 Å². The fourth-order valence-corrected chi connectivity index (χ4v) is 1.68. The van der Waals surface area contributed by atoms with E-state index >= 15 is 0 Å². The van der Waals surface area contributed by atoms with E-state index in [0.717, 1.165) is 15.9 Å². The topological polar surface area (TPSA) is 35.0 Å². The quantitative estimate of drug-likeness (QED) is 0.864. The van der Waals surface area contributed by atoms with Crippen molar-refractivity contribution in [2.45, 2.75) is 13.0 Å². The van der Waals surface area contributed by atoms with Gasteiger partial charge in [-0.2, -0.15) is 0 Å². The summed E-state index contributed by atoms with van der Waals surface area (Å²) >= 11 is 3.35. The van der Waals surface area contributed by atoms with Crippen LogP contribution >= 0.6 is 15.9 Å². The number of aromatic nitrogens is 2. The molecule has 0 aliphatic heterocycles. The molecule has 4 heteroatoms. The van der Waals surface area contributed by atoms with Gasteiger partial charge in [-0.3, -0.25) is 9.97 Å². The molecule has 0 bridgehead atoms. The molecule has 82 valence electrons. The summed E-state index contributed by atoms with van der Waals surface area (Å²) in [6.45, 7) is 1.96. The summed E-state index contributed by atoms with van der Waals surface area (Å²) in [6, 6.07) is 7.65. The van der Waals surface area contributed by atoms with E-state index in [4.69, 9.17) is 4.74 Å². The molecule has 0 amide bonds. The molecule has 0 N–H and O–H groups in total. The van der Waals surface area contributed by atoms with Crippen molar-refractivity contribution in [3.05, 3.63) is 53.0 Å². The van der Waals surface area contributed by atoms with Crippen LogP contribution in [0.25, 0.3) is 0 Å². The highest BCUT2D eigenvalue weighted by atomic mass is 79.9. The standard InChI is InChI=1S/C12H11BrN2O/c1-9(12-4-2-3-5-15-12)16-11-6-10(13)7-14-8-11/h2-9H,1H3. The molecule has 2 aromatic heterocycles. The largest absolute Gasteiger partial charge is 0.483 e. The van der Waals surface area contributed by atoms with Crippen LogP contribution in [0.1, 0.15) is 18.7 Å². The van der Waals surface area contributed by atoms with E-state index in [-0.39, 0.29) is 6.10 Å². The smallest absolute Gasteiger partial charge is 0.139 e. The molecule has 0 aliphatic rings. The molecular weight excluding hydrogens is 268 g/mol. The predicted octanol–water partition coefficient (Wildman–Crippen LogP) is 3.38. The zero-order valence-electron chi connectivity index (χ0n) is 8.80. The minimum absolute atomic E-state index is 0.0858. The zero-order valence-corrected chi connectivity index (χ0v) is 10.4. The van der Waals surface area contributed by atoms with Gasteiger partial charge in [-0.25, -0.2) is 0 Å². The first-order valence-electron chi connectivity index (χ1n) is 4.94. The van der Waals surface area contributed by atoms with Crippen LogP contribution in [-0.4, -0.2) is 9.97 Å². The molecule has 0 aliphatic carbocycles. The van der Waals surface area contributed by atoms with Crippen LogP contribution in [0, 0.1) is 0 Å². The average molecular weight is 279 g/mol. The van der Waals surface area contributed by atoms with Crippen LogP contribution in [-0.2, 0) is 0 Å². The summed E-state index contributed by atoms with van der Waals surface area (Å²) in [5, 5.41) is 0. The van der Waals surface area contributed by atoms with Crippen molar-refractivity contribution in [1.29, 1.82) is 0 Å². The highest BCUT2D eigenvalue weighted by Crippen LogP contribution is 2.21. The Kier molecular flexibility index (Phi) is 3.51. The second-order valence-corrected chi connectivity index (χ2v) is 4.27. The summed E-state index contributed by atoms with van der Waals surface area (Å²) in [5.74, 6) is 0.729. The Labute approximate surface area is 103 Å². The van der Waals surface area contributed by atoms with Gasteiger partial charge in [0.15, 0.2) is 0 Å². The van der Waals surface area contributed by atoms with Crippen molar-refractivity contribution in [2.75, 3.05) is 0 Å². The van der Waals surface area contributed by atoms with E-state index in [2.05, 4.69) is 25.9 Å². The molecule has 2 heterocycles. The lowest BCUT2D eigenvalue weighted by Gasteiger charge is -2.13.